The van der Waals surface area contributed by atoms with Gasteiger partial charge in [0.25, 0.3) is 0 Å². The molecule has 20 heavy (non-hydrogen) atoms. The molecule has 3 rings (SSSR count). The van der Waals surface area contributed by atoms with Crippen molar-refractivity contribution in [3.8, 4) is 0 Å². The minimum absolute atomic E-state index is 0.252. The molecule has 1 fully saturated rings. The molecule has 2 atom stereocenters. The van der Waals surface area contributed by atoms with E-state index in [9.17, 15) is 4.39 Å². The molecule has 3 heteroatoms. The number of nitrogens with one attached hydrogen (secondary N) is 1. The monoisotopic (exact) mass is 289 g/mol. The van der Waals surface area contributed by atoms with Gasteiger partial charge in [-0.3, -0.25) is 0 Å². The SMILES string of the molecule is Fc1cc(Cl)cc(C2CCNCC2c2ccccc2)c1. The molecule has 0 spiro atoms. The van der Waals surface area contributed by atoms with Crippen molar-refractivity contribution >= 4 is 11.6 Å². The first-order valence-corrected chi connectivity index (χ1v) is 7.33. The molecular formula is C17H17ClFN. The summed E-state index contributed by atoms with van der Waals surface area (Å²) in [6.07, 6.45) is 0.999. The van der Waals surface area contributed by atoms with E-state index in [0.717, 1.165) is 25.1 Å². The van der Waals surface area contributed by atoms with Crippen LogP contribution in [0.1, 0.15) is 29.4 Å². The van der Waals surface area contributed by atoms with Gasteiger partial charge in [0.15, 0.2) is 0 Å². The van der Waals surface area contributed by atoms with Crippen molar-refractivity contribution in [1.29, 1.82) is 0 Å². The Morgan fingerprint density at radius 2 is 1.80 bits per heavy atom. The van der Waals surface area contributed by atoms with Crippen LogP contribution in [0.4, 0.5) is 4.39 Å². The summed E-state index contributed by atoms with van der Waals surface area (Å²) in [5.74, 6) is 0.424. The number of hydrogen-bond donors (Lipinski definition) is 1. The van der Waals surface area contributed by atoms with Gasteiger partial charge in [-0.1, -0.05) is 41.9 Å². The molecule has 1 aliphatic heterocycles. The molecule has 0 aliphatic carbocycles. The van der Waals surface area contributed by atoms with E-state index >= 15 is 0 Å². The smallest absolute Gasteiger partial charge is 0.124 e. The lowest BCUT2D eigenvalue weighted by Gasteiger charge is -2.33. The summed E-state index contributed by atoms with van der Waals surface area (Å²) in [7, 11) is 0. The lowest BCUT2D eigenvalue weighted by atomic mass is 9.77. The molecule has 1 saturated heterocycles. The van der Waals surface area contributed by atoms with Crippen LogP contribution in [-0.4, -0.2) is 13.1 Å². The van der Waals surface area contributed by atoms with E-state index in [-0.39, 0.29) is 5.82 Å². The van der Waals surface area contributed by atoms with E-state index < -0.39 is 0 Å². The highest BCUT2D eigenvalue weighted by atomic mass is 35.5. The maximum absolute atomic E-state index is 13.6. The van der Waals surface area contributed by atoms with Gasteiger partial charge in [-0.2, -0.15) is 0 Å². The Kier molecular flexibility index (Phi) is 4.04. The topological polar surface area (TPSA) is 12.0 Å². The molecule has 0 saturated carbocycles. The molecule has 1 aliphatic rings. The molecule has 0 amide bonds. The molecule has 1 heterocycles. The minimum atomic E-state index is -0.252. The van der Waals surface area contributed by atoms with Gasteiger partial charge in [0.05, 0.1) is 0 Å². The second-order valence-corrected chi connectivity index (χ2v) is 5.76. The third kappa shape index (κ3) is 2.87. The van der Waals surface area contributed by atoms with Gasteiger partial charge in [-0.15, -0.1) is 0 Å². The van der Waals surface area contributed by atoms with Gasteiger partial charge < -0.3 is 5.32 Å². The number of rotatable bonds is 2. The van der Waals surface area contributed by atoms with Crippen molar-refractivity contribution in [2.24, 2.45) is 0 Å². The molecule has 2 unspecified atom stereocenters. The fourth-order valence-electron chi connectivity index (χ4n) is 3.10. The highest BCUT2D eigenvalue weighted by Gasteiger charge is 2.28. The Morgan fingerprint density at radius 3 is 2.55 bits per heavy atom. The normalized spacial score (nSPS) is 22.7. The first-order chi connectivity index (χ1) is 9.74. The lowest BCUT2D eigenvalue weighted by molar-refractivity contribution is 0.403. The molecule has 2 aromatic carbocycles. The molecule has 2 aromatic rings. The summed E-state index contributed by atoms with van der Waals surface area (Å²) in [6, 6.07) is 15.3. The van der Waals surface area contributed by atoms with Crippen LogP contribution in [0.15, 0.2) is 48.5 Å². The van der Waals surface area contributed by atoms with Crippen LogP contribution < -0.4 is 5.32 Å². The predicted molar refractivity (Wildman–Crippen MR) is 80.8 cm³/mol. The fourth-order valence-corrected chi connectivity index (χ4v) is 3.33. The molecule has 0 bridgehead atoms. The number of halogens is 2. The Morgan fingerprint density at radius 1 is 1.00 bits per heavy atom. The van der Waals surface area contributed by atoms with Crippen LogP contribution in [0, 0.1) is 5.82 Å². The number of piperidine rings is 1. The quantitative estimate of drug-likeness (QED) is 0.867. The van der Waals surface area contributed by atoms with Gasteiger partial charge in [0.2, 0.25) is 0 Å². The summed E-state index contributed by atoms with van der Waals surface area (Å²) in [6.45, 7) is 1.88. The Labute approximate surface area is 123 Å². The Bertz CT molecular complexity index is 565. The number of hydrogen-bond acceptors (Lipinski definition) is 1. The van der Waals surface area contributed by atoms with Crippen molar-refractivity contribution in [2.75, 3.05) is 13.1 Å². The van der Waals surface area contributed by atoms with Crippen LogP contribution in [0.3, 0.4) is 0 Å². The zero-order valence-electron chi connectivity index (χ0n) is 11.2. The van der Waals surface area contributed by atoms with Crippen LogP contribution in [0.5, 0.6) is 0 Å². The van der Waals surface area contributed by atoms with Crippen molar-refractivity contribution in [1.82, 2.24) is 5.32 Å². The summed E-state index contributed by atoms with van der Waals surface area (Å²) in [5.41, 5.74) is 2.30. The maximum atomic E-state index is 13.6. The highest BCUT2D eigenvalue weighted by Crippen LogP contribution is 2.38. The first-order valence-electron chi connectivity index (χ1n) is 6.95. The molecule has 104 valence electrons. The molecule has 0 radical (unpaired) electrons. The van der Waals surface area contributed by atoms with Crippen molar-refractivity contribution < 1.29 is 4.39 Å². The van der Waals surface area contributed by atoms with E-state index in [1.807, 2.05) is 12.1 Å². The third-order valence-corrected chi connectivity index (χ3v) is 4.24. The van der Waals surface area contributed by atoms with Crippen molar-refractivity contribution in [3.63, 3.8) is 0 Å². The number of benzene rings is 2. The second kappa shape index (κ2) is 5.94. The summed E-state index contributed by atoms with van der Waals surface area (Å²) in [4.78, 5) is 0. The Balaban J connectivity index is 1.96. The Hall–Kier alpha value is -1.38. The van der Waals surface area contributed by atoms with Gasteiger partial charge in [-0.25, -0.2) is 4.39 Å². The average Bonchev–Trinajstić information content (AvgIpc) is 2.47. The van der Waals surface area contributed by atoms with Crippen LogP contribution in [-0.2, 0) is 0 Å². The van der Waals surface area contributed by atoms with Crippen molar-refractivity contribution in [3.05, 3.63) is 70.5 Å². The largest absolute Gasteiger partial charge is 0.316 e. The van der Waals surface area contributed by atoms with Crippen LogP contribution >= 0.6 is 11.6 Å². The minimum Gasteiger partial charge on any atom is -0.316 e. The van der Waals surface area contributed by atoms with E-state index in [1.54, 1.807) is 6.07 Å². The second-order valence-electron chi connectivity index (χ2n) is 5.32. The molecule has 0 aromatic heterocycles. The van der Waals surface area contributed by atoms with E-state index in [2.05, 4.69) is 29.6 Å². The van der Waals surface area contributed by atoms with Gasteiger partial charge in [0.1, 0.15) is 5.82 Å². The standard InChI is InChI=1S/C17H17ClFN/c18-14-8-13(9-15(19)10-14)16-6-7-20-11-17(16)12-4-2-1-3-5-12/h1-5,8-10,16-17,20H,6-7,11H2. The molecule has 1 N–H and O–H groups in total. The van der Waals surface area contributed by atoms with Crippen LogP contribution in [0.2, 0.25) is 5.02 Å². The summed E-state index contributed by atoms with van der Waals surface area (Å²) >= 11 is 6.01. The molecular weight excluding hydrogens is 273 g/mol. The lowest BCUT2D eigenvalue weighted by Crippen LogP contribution is -2.34. The molecule has 1 nitrogen and oxygen atoms in total. The van der Waals surface area contributed by atoms with Gasteiger partial charge in [-0.05, 0) is 48.2 Å². The average molecular weight is 290 g/mol. The summed E-state index contributed by atoms with van der Waals surface area (Å²) in [5, 5.41) is 3.91. The van der Waals surface area contributed by atoms with Gasteiger partial charge >= 0.3 is 0 Å². The van der Waals surface area contributed by atoms with E-state index in [0.29, 0.717) is 16.9 Å². The van der Waals surface area contributed by atoms with Crippen molar-refractivity contribution in [2.45, 2.75) is 18.3 Å². The zero-order chi connectivity index (χ0) is 13.9. The first kappa shape index (κ1) is 13.6. The van der Waals surface area contributed by atoms with Crippen LogP contribution in [0.25, 0.3) is 0 Å². The highest BCUT2D eigenvalue weighted by molar-refractivity contribution is 6.30. The fraction of sp³-hybridized carbons (Fsp3) is 0.294. The zero-order valence-corrected chi connectivity index (χ0v) is 11.9. The summed E-state index contributed by atoms with van der Waals surface area (Å²) < 4.78 is 13.6. The third-order valence-electron chi connectivity index (χ3n) is 4.02. The predicted octanol–water partition coefficient (Wildman–Crippen LogP) is 4.34. The maximum Gasteiger partial charge on any atom is 0.124 e. The van der Waals surface area contributed by atoms with E-state index in [1.165, 1.54) is 11.6 Å². The van der Waals surface area contributed by atoms with E-state index in [4.69, 9.17) is 11.6 Å². The van der Waals surface area contributed by atoms with Gasteiger partial charge in [0, 0.05) is 17.5 Å².